The monoisotopic (exact) mass is 286 g/mol. The number of aromatic nitrogens is 1. The summed E-state index contributed by atoms with van der Waals surface area (Å²) in [7, 11) is 2.09. The van der Waals surface area contributed by atoms with E-state index in [0.717, 1.165) is 18.0 Å². The summed E-state index contributed by atoms with van der Waals surface area (Å²) in [5, 5.41) is 6.95. The van der Waals surface area contributed by atoms with Gasteiger partial charge in [-0.25, -0.2) is 4.98 Å². The van der Waals surface area contributed by atoms with E-state index < -0.39 is 0 Å². The Morgan fingerprint density at radius 3 is 2.70 bits per heavy atom. The molecule has 20 heavy (non-hydrogen) atoms. The number of nitrogens with zero attached hydrogens (tertiary/aromatic N) is 1. The lowest BCUT2D eigenvalue weighted by Gasteiger charge is -2.21. The molecule has 1 aliphatic rings. The Kier molecular flexibility index (Phi) is 4.48. The molecule has 1 saturated carbocycles. The fraction of sp³-hybridized carbons (Fsp3) is 0.471. The fourth-order valence-corrected chi connectivity index (χ4v) is 4.06. The van der Waals surface area contributed by atoms with Crippen LogP contribution in [0.3, 0.4) is 0 Å². The molecule has 0 aliphatic heterocycles. The van der Waals surface area contributed by atoms with Crippen LogP contribution in [0.5, 0.6) is 0 Å². The van der Waals surface area contributed by atoms with E-state index >= 15 is 0 Å². The van der Waals surface area contributed by atoms with Crippen LogP contribution in [0.25, 0.3) is 11.3 Å². The van der Waals surface area contributed by atoms with E-state index in [4.69, 9.17) is 4.98 Å². The molecule has 1 heterocycles. The summed E-state index contributed by atoms with van der Waals surface area (Å²) in [5.74, 6) is 0.837. The molecular weight excluding hydrogens is 264 g/mol. The molecule has 3 heteroatoms. The molecule has 2 aromatic rings. The largest absolute Gasteiger partial charge is 0.316 e. The molecule has 0 amide bonds. The molecule has 1 aromatic carbocycles. The van der Waals surface area contributed by atoms with Gasteiger partial charge in [-0.3, -0.25) is 0 Å². The number of hydrogen-bond donors (Lipinski definition) is 1. The van der Waals surface area contributed by atoms with Crippen molar-refractivity contribution in [2.24, 2.45) is 5.92 Å². The zero-order chi connectivity index (χ0) is 13.8. The third-order valence-corrected chi connectivity index (χ3v) is 5.23. The molecule has 2 nitrogen and oxygen atoms in total. The number of rotatable bonds is 5. The lowest BCUT2D eigenvalue weighted by atomic mass is 9.96. The topological polar surface area (TPSA) is 24.9 Å². The fourth-order valence-electron chi connectivity index (χ4n) is 3.20. The van der Waals surface area contributed by atoms with Gasteiger partial charge in [0, 0.05) is 23.4 Å². The molecule has 1 aromatic heterocycles. The molecule has 1 unspecified atom stereocenters. The van der Waals surface area contributed by atoms with Crippen LogP contribution in [-0.4, -0.2) is 18.1 Å². The second kappa shape index (κ2) is 6.51. The van der Waals surface area contributed by atoms with Crippen LogP contribution in [0, 0.1) is 5.92 Å². The summed E-state index contributed by atoms with van der Waals surface area (Å²) in [5.41, 5.74) is 2.34. The van der Waals surface area contributed by atoms with Crippen LogP contribution in [0.4, 0.5) is 0 Å². The van der Waals surface area contributed by atoms with Crippen molar-refractivity contribution < 1.29 is 0 Å². The minimum absolute atomic E-state index is 0.590. The van der Waals surface area contributed by atoms with Crippen LogP contribution in [0.1, 0.15) is 30.7 Å². The first-order valence-electron chi connectivity index (χ1n) is 7.54. The predicted octanol–water partition coefficient (Wildman–Crippen LogP) is 4.13. The summed E-state index contributed by atoms with van der Waals surface area (Å²) in [4.78, 5) is 4.82. The molecule has 1 N–H and O–H groups in total. The Bertz CT molecular complexity index is 529. The van der Waals surface area contributed by atoms with Crippen molar-refractivity contribution in [3.63, 3.8) is 0 Å². The van der Waals surface area contributed by atoms with Crippen LogP contribution < -0.4 is 5.32 Å². The molecule has 1 atom stereocenters. The van der Waals surface area contributed by atoms with Gasteiger partial charge >= 0.3 is 0 Å². The minimum Gasteiger partial charge on any atom is -0.316 e. The van der Waals surface area contributed by atoms with E-state index in [-0.39, 0.29) is 0 Å². The highest BCUT2D eigenvalue weighted by Crippen LogP contribution is 2.30. The van der Waals surface area contributed by atoms with Gasteiger partial charge < -0.3 is 5.32 Å². The van der Waals surface area contributed by atoms with Gasteiger partial charge in [0.25, 0.3) is 0 Å². The number of likely N-dealkylation sites (N-methyl/N-ethyl adjacent to an activating group) is 1. The smallest absolute Gasteiger partial charge is 0.0948 e. The standard InChI is InChI=1S/C17H22N2S/c1-18-15(13-9-5-6-10-13)11-17-19-16(12-20-17)14-7-3-2-4-8-14/h2-4,7-8,12-13,15,18H,5-6,9-11H2,1H3. The first kappa shape index (κ1) is 13.8. The second-order valence-corrected chi connectivity index (χ2v) is 6.58. The van der Waals surface area contributed by atoms with Crippen molar-refractivity contribution in [1.29, 1.82) is 0 Å². The van der Waals surface area contributed by atoms with Crippen molar-refractivity contribution in [3.05, 3.63) is 40.7 Å². The molecule has 3 rings (SSSR count). The number of nitrogens with one attached hydrogen (secondary N) is 1. The summed E-state index contributed by atoms with van der Waals surface area (Å²) in [6.07, 6.45) is 6.62. The summed E-state index contributed by atoms with van der Waals surface area (Å²) in [6, 6.07) is 11.0. The molecule has 0 saturated heterocycles. The van der Waals surface area contributed by atoms with Gasteiger partial charge in [-0.2, -0.15) is 0 Å². The van der Waals surface area contributed by atoms with Crippen LogP contribution >= 0.6 is 11.3 Å². The number of hydrogen-bond acceptors (Lipinski definition) is 3. The highest BCUT2D eigenvalue weighted by molar-refractivity contribution is 7.09. The summed E-state index contributed by atoms with van der Waals surface area (Å²) in [6.45, 7) is 0. The number of thiazole rings is 1. The van der Waals surface area contributed by atoms with Crippen LogP contribution in [-0.2, 0) is 6.42 Å². The second-order valence-electron chi connectivity index (χ2n) is 5.64. The molecule has 1 fully saturated rings. The van der Waals surface area contributed by atoms with Gasteiger partial charge in [-0.15, -0.1) is 11.3 Å². The van der Waals surface area contributed by atoms with Gasteiger partial charge in [0.2, 0.25) is 0 Å². The Hall–Kier alpha value is -1.19. The van der Waals surface area contributed by atoms with Gasteiger partial charge in [0.1, 0.15) is 0 Å². The minimum atomic E-state index is 0.590. The Morgan fingerprint density at radius 1 is 1.25 bits per heavy atom. The average molecular weight is 286 g/mol. The van der Waals surface area contributed by atoms with E-state index in [9.17, 15) is 0 Å². The van der Waals surface area contributed by atoms with E-state index in [2.05, 4.69) is 42.0 Å². The zero-order valence-electron chi connectivity index (χ0n) is 12.0. The van der Waals surface area contributed by atoms with Gasteiger partial charge in [0.05, 0.1) is 10.7 Å². The molecule has 106 valence electrons. The molecule has 0 spiro atoms. The Labute approximate surface area is 125 Å². The van der Waals surface area contributed by atoms with Crippen LogP contribution in [0.15, 0.2) is 35.7 Å². The van der Waals surface area contributed by atoms with Crippen molar-refractivity contribution in [2.75, 3.05) is 7.05 Å². The lowest BCUT2D eigenvalue weighted by Crippen LogP contribution is -2.34. The Balaban J connectivity index is 1.70. The first-order valence-corrected chi connectivity index (χ1v) is 8.42. The zero-order valence-corrected chi connectivity index (χ0v) is 12.8. The van der Waals surface area contributed by atoms with Gasteiger partial charge in [0.15, 0.2) is 0 Å². The molecule has 0 bridgehead atoms. The number of benzene rings is 1. The third kappa shape index (κ3) is 3.10. The van der Waals surface area contributed by atoms with Crippen molar-refractivity contribution in [2.45, 2.75) is 38.1 Å². The average Bonchev–Trinajstić information content (AvgIpc) is 3.17. The highest BCUT2D eigenvalue weighted by atomic mass is 32.1. The molecular formula is C17H22N2S. The van der Waals surface area contributed by atoms with E-state index in [1.165, 1.54) is 36.3 Å². The SMILES string of the molecule is CNC(Cc1nc(-c2ccccc2)cs1)C1CCCC1. The Morgan fingerprint density at radius 2 is 2.00 bits per heavy atom. The van der Waals surface area contributed by atoms with Crippen molar-refractivity contribution in [3.8, 4) is 11.3 Å². The predicted molar refractivity (Wildman–Crippen MR) is 86.1 cm³/mol. The summed E-state index contributed by atoms with van der Waals surface area (Å²) >= 11 is 1.80. The van der Waals surface area contributed by atoms with Crippen LogP contribution in [0.2, 0.25) is 0 Å². The quantitative estimate of drug-likeness (QED) is 0.894. The molecule has 0 radical (unpaired) electrons. The maximum atomic E-state index is 4.82. The van der Waals surface area contributed by atoms with Gasteiger partial charge in [-0.1, -0.05) is 43.2 Å². The van der Waals surface area contributed by atoms with Gasteiger partial charge in [-0.05, 0) is 25.8 Å². The van der Waals surface area contributed by atoms with Crippen molar-refractivity contribution in [1.82, 2.24) is 10.3 Å². The van der Waals surface area contributed by atoms with E-state index in [1.807, 2.05) is 6.07 Å². The highest BCUT2D eigenvalue weighted by Gasteiger charge is 2.24. The maximum Gasteiger partial charge on any atom is 0.0948 e. The molecule has 1 aliphatic carbocycles. The summed E-state index contributed by atoms with van der Waals surface area (Å²) < 4.78 is 0. The first-order chi connectivity index (χ1) is 9.86. The van der Waals surface area contributed by atoms with E-state index in [1.54, 1.807) is 11.3 Å². The van der Waals surface area contributed by atoms with Crippen molar-refractivity contribution >= 4 is 11.3 Å². The lowest BCUT2D eigenvalue weighted by molar-refractivity contribution is 0.377. The normalized spacial score (nSPS) is 17.4. The maximum absolute atomic E-state index is 4.82. The van der Waals surface area contributed by atoms with E-state index in [0.29, 0.717) is 6.04 Å². The third-order valence-electron chi connectivity index (χ3n) is 4.36.